The standard InChI is InChI=1S/C9H21N5O/c1-6(2)4-9(3,15)5-13-8(12)14-7(10)11/h6,15H,4-5H2,1-3H3,(H6,10,11,12,13,14). The molecular formula is C9H21N5O. The van der Waals surface area contributed by atoms with Gasteiger partial charge in [0.15, 0.2) is 5.96 Å². The van der Waals surface area contributed by atoms with Gasteiger partial charge < -0.3 is 22.3 Å². The highest BCUT2D eigenvalue weighted by Gasteiger charge is 2.21. The van der Waals surface area contributed by atoms with Crippen molar-refractivity contribution in [3.63, 3.8) is 0 Å². The number of hydrogen-bond acceptors (Lipinski definition) is 2. The van der Waals surface area contributed by atoms with E-state index in [-0.39, 0.29) is 18.5 Å². The van der Waals surface area contributed by atoms with E-state index >= 15 is 0 Å². The summed E-state index contributed by atoms with van der Waals surface area (Å²) in [5, 5.41) is 9.89. The number of nitrogens with zero attached hydrogens (tertiary/aromatic N) is 2. The summed E-state index contributed by atoms with van der Waals surface area (Å²) in [5.41, 5.74) is 14.8. The molecule has 0 rings (SSSR count). The molecule has 0 aliphatic heterocycles. The summed E-state index contributed by atoms with van der Waals surface area (Å²) in [6.07, 6.45) is 0.644. The average Bonchev–Trinajstić information content (AvgIpc) is 1.97. The number of aliphatic hydroxyl groups is 1. The molecule has 0 aromatic rings. The zero-order chi connectivity index (χ0) is 12.1. The molecule has 0 aliphatic carbocycles. The highest BCUT2D eigenvalue weighted by Crippen LogP contribution is 2.16. The fourth-order valence-electron chi connectivity index (χ4n) is 1.36. The molecule has 0 saturated carbocycles. The molecule has 0 bridgehead atoms. The van der Waals surface area contributed by atoms with Crippen molar-refractivity contribution in [1.29, 1.82) is 0 Å². The van der Waals surface area contributed by atoms with Crippen molar-refractivity contribution in [2.75, 3.05) is 6.54 Å². The maximum Gasteiger partial charge on any atom is 0.218 e. The van der Waals surface area contributed by atoms with E-state index in [0.29, 0.717) is 12.3 Å². The number of aliphatic imine (C=N–C) groups is 2. The summed E-state index contributed by atoms with van der Waals surface area (Å²) in [4.78, 5) is 7.43. The Morgan fingerprint density at radius 1 is 1.33 bits per heavy atom. The summed E-state index contributed by atoms with van der Waals surface area (Å²) >= 11 is 0. The second kappa shape index (κ2) is 5.55. The average molecular weight is 215 g/mol. The molecule has 1 atom stereocenters. The van der Waals surface area contributed by atoms with Gasteiger partial charge in [-0.15, -0.1) is 0 Å². The summed E-state index contributed by atoms with van der Waals surface area (Å²) in [5.74, 6) is 0.235. The van der Waals surface area contributed by atoms with Crippen molar-refractivity contribution in [2.24, 2.45) is 33.1 Å². The molecule has 0 aromatic heterocycles. The van der Waals surface area contributed by atoms with E-state index in [1.807, 2.05) is 13.8 Å². The van der Waals surface area contributed by atoms with Gasteiger partial charge in [0.25, 0.3) is 0 Å². The molecule has 0 spiro atoms. The second-order valence-electron chi connectivity index (χ2n) is 4.31. The van der Waals surface area contributed by atoms with Crippen LogP contribution in [0.2, 0.25) is 0 Å². The summed E-state index contributed by atoms with van der Waals surface area (Å²) < 4.78 is 0. The van der Waals surface area contributed by atoms with Crippen molar-refractivity contribution in [3.05, 3.63) is 0 Å². The van der Waals surface area contributed by atoms with E-state index in [4.69, 9.17) is 17.2 Å². The minimum absolute atomic E-state index is 0.0148. The topological polar surface area (TPSA) is 123 Å². The summed E-state index contributed by atoms with van der Waals surface area (Å²) in [6.45, 7) is 5.95. The van der Waals surface area contributed by atoms with Crippen molar-refractivity contribution in [3.8, 4) is 0 Å². The minimum atomic E-state index is -0.877. The van der Waals surface area contributed by atoms with E-state index < -0.39 is 5.60 Å². The summed E-state index contributed by atoms with van der Waals surface area (Å²) in [7, 11) is 0. The van der Waals surface area contributed by atoms with Gasteiger partial charge in [0.2, 0.25) is 5.96 Å². The number of nitrogens with two attached hydrogens (primary N) is 3. The second-order valence-corrected chi connectivity index (χ2v) is 4.31. The molecule has 0 radical (unpaired) electrons. The minimum Gasteiger partial charge on any atom is -0.388 e. The molecule has 0 aliphatic rings. The van der Waals surface area contributed by atoms with E-state index in [9.17, 15) is 5.11 Å². The molecule has 0 saturated heterocycles. The molecule has 7 N–H and O–H groups in total. The third-order valence-electron chi connectivity index (χ3n) is 1.67. The van der Waals surface area contributed by atoms with Crippen molar-refractivity contribution in [1.82, 2.24) is 0 Å². The maximum atomic E-state index is 9.89. The van der Waals surface area contributed by atoms with Crippen molar-refractivity contribution in [2.45, 2.75) is 32.8 Å². The normalized spacial score (nSPS) is 16.2. The van der Waals surface area contributed by atoms with Crippen molar-refractivity contribution < 1.29 is 5.11 Å². The molecule has 0 amide bonds. The van der Waals surface area contributed by atoms with Gasteiger partial charge in [-0.1, -0.05) is 13.8 Å². The van der Waals surface area contributed by atoms with Gasteiger partial charge >= 0.3 is 0 Å². The van der Waals surface area contributed by atoms with Crippen LogP contribution in [0.4, 0.5) is 0 Å². The molecular weight excluding hydrogens is 194 g/mol. The Morgan fingerprint density at radius 2 is 1.87 bits per heavy atom. The Labute approximate surface area is 90.3 Å². The third kappa shape index (κ3) is 7.75. The number of hydrogen-bond donors (Lipinski definition) is 4. The van der Waals surface area contributed by atoms with Crippen LogP contribution in [0.25, 0.3) is 0 Å². The van der Waals surface area contributed by atoms with E-state index in [0.717, 1.165) is 0 Å². The van der Waals surface area contributed by atoms with Crippen molar-refractivity contribution >= 4 is 11.9 Å². The first-order valence-electron chi connectivity index (χ1n) is 4.85. The van der Waals surface area contributed by atoms with Crippen LogP contribution in [0.1, 0.15) is 27.2 Å². The third-order valence-corrected chi connectivity index (χ3v) is 1.67. The fourth-order valence-corrected chi connectivity index (χ4v) is 1.36. The molecule has 0 aromatic carbocycles. The molecule has 6 heteroatoms. The van der Waals surface area contributed by atoms with E-state index in [1.54, 1.807) is 6.92 Å². The van der Waals surface area contributed by atoms with Gasteiger partial charge in [-0.3, -0.25) is 0 Å². The van der Waals surface area contributed by atoms with Gasteiger partial charge in [0.1, 0.15) is 0 Å². The molecule has 0 heterocycles. The summed E-state index contributed by atoms with van der Waals surface area (Å²) in [6, 6.07) is 0. The van der Waals surface area contributed by atoms with Gasteiger partial charge in [-0.05, 0) is 19.3 Å². The molecule has 6 nitrogen and oxygen atoms in total. The van der Waals surface area contributed by atoms with Gasteiger partial charge in [0, 0.05) is 0 Å². The smallest absolute Gasteiger partial charge is 0.218 e. The van der Waals surface area contributed by atoms with E-state index in [1.165, 1.54) is 0 Å². The molecule has 15 heavy (non-hydrogen) atoms. The highest BCUT2D eigenvalue weighted by atomic mass is 16.3. The quantitative estimate of drug-likeness (QED) is 0.368. The number of rotatable bonds is 4. The lowest BCUT2D eigenvalue weighted by molar-refractivity contribution is 0.0478. The lowest BCUT2D eigenvalue weighted by atomic mass is 9.94. The maximum absolute atomic E-state index is 9.89. The molecule has 0 fully saturated rings. The zero-order valence-electron chi connectivity index (χ0n) is 9.57. The van der Waals surface area contributed by atoms with Crippen LogP contribution < -0.4 is 17.2 Å². The Morgan fingerprint density at radius 3 is 2.27 bits per heavy atom. The monoisotopic (exact) mass is 215 g/mol. The Bertz CT molecular complexity index is 253. The lowest BCUT2D eigenvalue weighted by Gasteiger charge is -2.22. The van der Waals surface area contributed by atoms with Crippen LogP contribution in [-0.4, -0.2) is 29.2 Å². The van der Waals surface area contributed by atoms with Crippen LogP contribution in [0.5, 0.6) is 0 Å². The predicted molar refractivity (Wildman–Crippen MR) is 62.4 cm³/mol. The lowest BCUT2D eigenvalue weighted by Crippen LogP contribution is -2.32. The largest absolute Gasteiger partial charge is 0.388 e. The first kappa shape index (κ1) is 13.7. The van der Waals surface area contributed by atoms with E-state index in [2.05, 4.69) is 9.98 Å². The predicted octanol–water partition coefficient (Wildman–Crippen LogP) is -0.628. The zero-order valence-corrected chi connectivity index (χ0v) is 9.57. The first-order chi connectivity index (χ1) is 6.73. The SMILES string of the molecule is CC(C)CC(C)(O)CN=C(N)N=C(N)N. The Balaban J connectivity index is 4.29. The van der Waals surface area contributed by atoms with Gasteiger partial charge in [-0.25, -0.2) is 4.99 Å². The Hall–Kier alpha value is -1.30. The van der Waals surface area contributed by atoms with Gasteiger partial charge in [0.05, 0.1) is 12.1 Å². The van der Waals surface area contributed by atoms with Crippen LogP contribution in [-0.2, 0) is 0 Å². The molecule has 88 valence electrons. The number of guanidine groups is 2. The van der Waals surface area contributed by atoms with Gasteiger partial charge in [-0.2, -0.15) is 4.99 Å². The van der Waals surface area contributed by atoms with Crippen LogP contribution >= 0.6 is 0 Å². The Kier molecular flexibility index (Phi) is 5.07. The van der Waals surface area contributed by atoms with Crippen LogP contribution in [0.15, 0.2) is 9.98 Å². The fraction of sp³-hybridized carbons (Fsp3) is 0.778. The van der Waals surface area contributed by atoms with Crippen LogP contribution in [0.3, 0.4) is 0 Å². The molecule has 1 unspecified atom stereocenters. The first-order valence-corrected chi connectivity index (χ1v) is 4.85. The van der Waals surface area contributed by atoms with Crippen LogP contribution in [0, 0.1) is 5.92 Å². The highest BCUT2D eigenvalue weighted by molar-refractivity contribution is 5.92.